The second-order valence-electron chi connectivity index (χ2n) is 7.83. The van der Waals surface area contributed by atoms with Crippen molar-refractivity contribution in [3.63, 3.8) is 0 Å². The van der Waals surface area contributed by atoms with Gasteiger partial charge >= 0.3 is 0 Å². The Hall–Kier alpha value is -2.21. The smallest absolute Gasteiger partial charge is 0.261 e. The van der Waals surface area contributed by atoms with Gasteiger partial charge in [-0.3, -0.25) is 19.3 Å². The number of carbonyl (C=O) groups is 3. The largest absolute Gasteiger partial charge is 0.353 e. The predicted octanol–water partition coefficient (Wildman–Crippen LogP) is 1.69. The van der Waals surface area contributed by atoms with Crippen molar-refractivity contribution in [1.82, 2.24) is 10.2 Å². The van der Waals surface area contributed by atoms with Gasteiger partial charge in [-0.25, -0.2) is 0 Å². The number of rotatable bonds is 4. The summed E-state index contributed by atoms with van der Waals surface area (Å²) in [5, 5.41) is 3.17. The molecule has 2 aliphatic carbocycles. The van der Waals surface area contributed by atoms with Crippen molar-refractivity contribution < 1.29 is 14.4 Å². The van der Waals surface area contributed by atoms with E-state index >= 15 is 0 Å². The van der Waals surface area contributed by atoms with Crippen molar-refractivity contribution in [1.29, 1.82) is 0 Å². The Morgan fingerprint density at radius 1 is 1.08 bits per heavy atom. The maximum Gasteiger partial charge on any atom is 0.261 e. The molecule has 0 saturated heterocycles. The third kappa shape index (κ3) is 3.03. The normalized spacial score (nSPS) is 30.3. The molecule has 4 rings (SSSR count). The first-order valence-electron chi connectivity index (χ1n) is 9.54. The van der Waals surface area contributed by atoms with E-state index in [0.29, 0.717) is 23.0 Å². The molecule has 0 radical (unpaired) electrons. The number of nitrogens with zero attached hydrogens (tertiary/aromatic N) is 1. The molecule has 138 valence electrons. The van der Waals surface area contributed by atoms with Crippen molar-refractivity contribution in [3.8, 4) is 0 Å². The van der Waals surface area contributed by atoms with Crippen molar-refractivity contribution in [2.24, 2.45) is 17.6 Å². The van der Waals surface area contributed by atoms with Crippen LogP contribution in [-0.2, 0) is 4.79 Å². The standard InChI is InChI=1S/C20H25N3O3/c21-14-10-12-4-3-5-13(11-14)18(12)22-17(24)8-9-23-19(25)15-6-1-2-7-16(15)20(23)26/h1-2,6-7,12-14,18H,3-5,8-11,21H2,(H,22,24). The molecule has 0 spiro atoms. The molecule has 3 N–H and O–H groups in total. The Labute approximate surface area is 153 Å². The second-order valence-corrected chi connectivity index (χ2v) is 7.83. The summed E-state index contributed by atoms with van der Waals surface area (Å²) in [4.78, 5) is 38.4. The fraction of sp³-hybridized carbons (Fsp3) is 0.550. The average Bonchev–Trinajstić information content (AvgIpc) is 2.85. The van der Waals surface area contributed by atoms with Gasteiger partial charge in [-0.05, 0) is 49.7 Å². The Kier molecular flexibility index (Phi) is 4.53. The van der Waals surface area contributed by atoms with Crippen LogP contribution in [0.3, 0.4) is 0 Å². The van der Waals surface area contributed by atoms with Gasteiger partial charge in [-0.1, -0.05) is 18.6 Å². The Morgan fingerprint density at radius 2 is 1.65 bits per heavy atom. The summed E-state index contributed by atoms with van der Waals surface area (Å²) >= 11 is 0. The van der Waals surface area contributed by atoms with Gasteiger partial charge in [0.05, 0.1) is 11.1 Å². The first-order chi connectivity index (χ1) is 12.5. The van der Waals surface area contributed by atoms with E-state index in [2.05, 4.69) is 5.32 Å². The van der Waals surface area contributed by atoms with Gasteiger partial charge in [0.2, 0.25) is 5.91 Å². The summed E-state index contributed by atoms with van der Waals surface area (Å²) < 4.78 is 0. The lowest BCUT2D eigenvalue weighted by Gasteiger charge is -2.45. The number of hydrogen-bond donors (Lipinski definition) is 2. The molecule has 1 aromatic carbocycles. The van der Waals surface area contributed by atoms with Crippen LogP contribution in [0, 0.1) is 11.8 Å². The Balaban J connectivity index is 1.35. The number of imide groups is 1. The van der Waals surface area contributed by atoms with E-state index in [0.717, 1.165) is 25.7 Å². The summed E-state index contributed by atoms with van der Waals surface area (Å²) in [6.45, 7) is 0.125. The van der Waals surface area contributed by atoms with Crippen LogP contribution < -0.4 is 11.1 Å². The fourth-order valence-electron chi connectivity index (χ4n) is 4.94. The van der Waals surface area contributed by atoms with Crippen molar-refractivity contribution >= 4 is 17.7 Å². The van der Waals surface area contributed by atoms with Gasteiger partial charge < -0.3 is 11.1 Å². The van der Waals surface area contributed by atoms with E-state index in [1.165, 1.54) is 11.3 Å². The number of nitrogens with one attached hydrogen (secondary N) is 1. The molecule has 1 aromatic rings. The van der Waals surface area contributed by atoms with Gasteiger partial charge in [0.15, 0.2) is 0 Å². The predicted molar refractivity (Wildman–Crippen MR) is 96.4 cm³/mol. The van der Waals surface area contributed by atoms with Gasteiger partial charge in [0.25, 0.3) is 11.8 Å². The van der Waals surface area contributed by atoms with Gasteiger partial charge in [0, 0.05) is 25.0 Å². The molecule has 2 unspecified atom stereocenters. The Bertz CT molecular complexity index is 699. The summed E-state index contributed by atoms with van der Waals surface area (Å²) in [5.74, 6) is 0.221. The van der Waals surface area contributed by atoms with E-state index in [-0.39, 0.29) is 42.8 Å². The lowest BCUT2D eigenvalue weighted by atomic mass is 9.67. The number of hydrogen-bond acceptors (Lipinski definition) is 4. The minimum atomic E-state index is -0.307. The molecule has 3 aliphatic rings. The van der Waals surface area contributed by atoms with Crippen molar-refractivity contribution in [2.75, 3.05) is 6.54 Å². The zero-order valence-electron chi connectivity index (χ0n) is 14.8. The monoisotopic (exact) mass is 355 g/mol. The molecular formula is C20H25N3O3. The SMILES string of the molecule is NC1CC2CCCC(C1)C2NC(=O)CCN1C(=O)c2ccccc2C1=O. The molecule has 0 aromatic heterocycles. The Morgan fingerprint density at radius 3 is 2.23 bits per heavy atom. The number of carbonyl (C=O) groups excluding carboxylic acids is 3. The maximum absolute atomic E-state index is 12.5. The third-order valence-corrected chi connectivity index (χ3v) is 6.14. The zero-order chi connectivity index (χ0) is 18.3. The highest BCUT2D eigenvalue weighted by molar-refractivity contribution is 6.21. The number of nitrogens with two attached hydrogens (primary N) is 1. The van der Waals surface area contributed by atoms with E-state index < -0.39 is 0 Å². The molecule has 1 heterocycles. The van der Waals surface area contributed by atoms with Gasteiger partial charge in [0.1, 0.15) is 0 Å². The van der Waals surface area contributed by atoms with E-state index in [4.69, 9.17) is 5.73 Å². The van der Waals surface area contributed by atoms with E-state index in [9.17, 15) is 14.4 Å². The van der Waals surface area contributed by atoms with E-state index in [1.807, 2.05) is 0 Å². The van der Waals surface area contributed by atoms with Crippen molar-refractivity contribution in [3.05, 3.63) is 35.4 Å². The number of fused-ring (bicyclic) bond motifs is 3. The quantitative estimate of drug-likeness (QED) is 0.804. The maximum atomic E-state index is 12.5. The molecule has 2 saturated carbocycles. The average molecular weight is 355 g/mol. The highest BCUT2D eigenvalue weighted by atomic mass is 16.2. The molecule has 2 bridgehead atoms. The number of benzene rings is 1. The van der Waals surface area contributed by atoms with Crippen molar-refractivity contribution in [2.45, 2.75) is 50.6 Å². The summed E-state index contributed by atoms with van der Waals surface area (Å²) in [6.07, 6.45) is 5.54. The third-order valence-electron chi connectivity index (χ3n) is 6.14. The van der Waals surface area contributed by atoms with Crippen LogP contribution in [0.5, 0.6) is 0 Å². The second kappa shape index (κ2) is 6.83. The topological polar surface area (TPSA) is 92.5 Å². The van der Waals surface area contributed by atoms with Gasteiger partial charge in [-0.2, -0.15) is 0 Å². The number of amides is 3. The molecule has 6 nitrogen and oxygen atoms in total. The molecular weight excluding hydrogens is 330 g/mol. The lowest BCUT2D eigenvalue weighted by Crippen LogP contribution is -2.54. The zero-order valence-corrected chi connectivity index (χ0v) is 14.8. The summed E-state index contributed by atoms with van der Waals surface area (Å²) in [7, 11) is 0. The fourth-order valence-corrected chi connectivity index (χ4v) is 4.94. The van der Waals surface area contributed by atoms with Crippen LogP contribution in [0.1, 0.15) is 59.2 Å². The van der Waals surface area contributed by atoms with Crippen LogP contribution in [0.4, 0.5) is 0 Å². The first kappa shape index (κ1) is 17.2. The van der Waals surface area contributed by atoms with Crippen LogP contribution in [0.2, 0.25) is 0 Å². The minimum absolute atomic E-state index is 0.0843. The highest BCUT2D eigenvalue weighted by Crippen LogP contribution is 2.39. The van der Waals surface area contributed by atoms with Crippen LogP contribution >= 0.6 is 0 Å². The van der Waals surface area contributed by atoms with Crippen LogP contribution in [0.25, 0.3) is 0 Å². The van der Waals surface area contributed by atoms with Crippen LogP contribution in [0.15, 0.2) is 24.3 Å². The summed E-state index contributed by atoms with van der Waals surface area (Å²) in [6, 6.07) is 7.24. The molecule has 3 amide bonds. The molecule has 6 heteroatoms. The minimum Gasteiger partial charge on any atom is -0.353 e. The van der Waals surface area contributed by atoms with Crippen LogP contribution in [-0.4, -0.2) is 41.2 Å². The molecule has 1 aliphatic heterocycles. The highest BCUT2D eigenvalue weighted by Gasteiger charge is 2.40. The molecule has 2 fully saturated rings. The van der Waals surface area contributed by atoms with E-state index in [1.54, 1.807) is 24.3 Å². The summed E-state index contributed by atoms with van der Waals surface area (Å²) in [5.41, 5.74) is 6.99. The molecule has 2 atom stereocenters. The first-order valence-corrected chi connectivity index (χ1v) is 9.54. The van der Waals surface area contributed by atoms with Gasteiger partial charge in [-0.15, -0.1) is 0 Å². The molecule has 26 heavy (non-hydrogen) atoms. The lowest BCUT2D eigenvalue weighted by molar-refractivity contribution is -0.123.